The maximum absolute atomic E-state index is 6.19. The molecule has 0 aliphatic carbocycles. The molecule has 3 aromatic rings. The minimum absolute atomic E-state index is 0.662. The van der Waals surface area contributed by atoms with Gasteiger partial charge in [-0.15, -0.1) is 0 Å². The lowest BCUT2D eigenvalue weighted by Crippen LogP contribution is -2.38. The van der Waals surface area contributed by atoms with E-state index in [1.54, 1.807) is 7.11 Å². The van der Waals surface area contributed by atoms with Crippen LogP contribution in [0, 0.1) is 6.92 Å². The van der Waals surface area contributed by atoms with Crippen molar-refractivity contribution in [3.8, 4) is 16.9 Å². The van der Waals surface area contributed by atoms with Gasteiger partial charge in [0, 0.05) is 35.6 Å². The monoisotopic (exact) mass is 429 g/mol. The number of benzene rings is 3. The number of aryl methyl sites for hydroxylation is 1. The Kier molecular flexibility index (Phi) is 5.16. The van der Waals surface area contributed by atoms with Crippen LogP contribution in [0.1, 0.15) is 17.5 Å². The van der Waals surface area contributed by atoms with Crippen LogP contribution in [-0.2, 0) is 0 Å². The number of fused-ring (bicyclic) bond motifs is 1. The lowest BCUT2D eigenvalue weighted by atomic mass is 10.0. The predicted octanol–water partition coefficient (Wildman–Crippen LogP) is 6.20. The van der Waals surface area contributed by atoms with Crippen molar-refractivity contribution in [3.63, 3.8) is 0 Å². The Morgan fingerprint density at radius 1 is 0.968 bits per heavy atom. The highest BCUT2D eigenvalue weighted by Gasteiger charge is 2.33. The molecule has 0 fully saturated rings. The smallest absolute Gasteiger partial charge is 0.210 e. The quantitative estimate of drug-likeness (QED) is 0.494. The molecule has 3 aromatic carbocycles. The molecule has 156 valence electrons. The van der Waals surface area contributed by atoms with Gasteiger partial charge in [-0.25, -0.2) is 0 Å². The molecule has 0 radical (unpaired) electrons. The van der Waals surface area contributed by atoms with E-state index in [0.29, 0.717) is 5.02 Å². The largest absolute Gasteiger partial charge is 0.496 e. The summed E-state index contributed by atoms with van der Waals surface area (Å²) in [6.45, 7) is 3.91. The third-order valence-electron chi connectivity index (χ3n) is 5.83. The van der Waals surface area contributed by atoms with Crippen molar-refractivity contribution in [2.24, 2.45) is 4.99 Å². The predicted molar refractivity (Wildman–Crippen MR) is 129 cm³/mol. The number of aliphatic imine (C=N–C) groups is 1. The molecule has 0 N–H and O–H groups in total. The highest BCUT2D eigenvalue weighted by atomic mass is 35.5. The number of methoxy groups -OCH3 is 1. The van der Waals surface area contributed by atoms with Crippen LogP contribution < -0.4 is 9.64 Å². The molecule has 31 heavy (non-hydrogen) atoms. The molecule has 5 rings (SSSR count). The van der Waals surface area contributed by atoms with Crippen molar-refractivity contribution >= 4 is 28.9 Å². The van der Waals surface area contributed by atoms with Crippen LogP contribution in [-0.4, -0.2) is 31.1 Å². The van der Waals surface area contributed by atoms with E-state index in [4.69, 9.17) is 21.3 Å². The Morgan fingerprint density at radius 2 is 1.77 bits per heavy atom. The first-order valence-electron chi connectivity index (χ1n) is 10.5. The fourth-order valence-corrected chi connectivity index (χ4v) is 4.42. The Balaban J connectivity index is 1.54. The van der Waals surface area contributed by atoms with Gasteiger partial charge in [0.2, 0.25) is 5.96 Å². The van der Waals surface area contributed by atoms with Crippen LogP contribution in [0.15, 0.2) is 77.9 Å². The van der Waals surface area contributed by atoms with E-state index >= 15 is 0 Å². The average molecular weight is 430 g/mol. The van der Waals surface area contributed by atoms with Crippen molar-refractivity contribution in [3.05, 3.63) is 89.1 Å². The van der Waals surface area contributed by atoms with Crippen molar-refractivity contribution in [1.29, 1.82) is 0 Å². The minimum atomic E-state index is 0.662. The standard InChI is InChI=1S/C26H24ClN3O/c1-18-6-3-4-7-22(18)19-8-11-21(12-9-19)30-17-24(29-15-5-14-28-26(29)30)23-13-10-20(27)16-25(23)31-2/h3-4,6-13,16-17H,5,14-15H2,1-2H3. The van der Waals surface area contributed by atoms with Crippen LogP contribution >= 0.6 is 11.6 Å². The molecular weight excluding hydrogens is 406 g/mol. The fraction of sp³-hybridized carbons (Fsp3) is 0.192. The zero-order valence-electron chi connectivity index (χ0n) is 17.7. The highest BCUT2D eigenvalue weighted by Crippen LogP contribution is 2.38. The number of nitrogens with zero attached hydrogens (tertiary/aromatic N) is 3. The third kappa shape index (κ3) is 3.57. The highest BCUT2D eigenvalue weighted by molar-refractivity contribution is 6.30. The normalized spacial score (nSPS) is 15.5. The van der Waals surface area contributed by atoms with Gasteiger partial charge < -0.3 is 9.64 Å². The van der Waals surface area contributed by atoms with Crippen LogP contribution in [0.5, 0.6) is 5.75 Å². The Bertz CT molecular complexity index is 1180. The van der Waals surface area contributed by atoms with E-state index < -0.39 is 0 Å². The fourth-order valence-electron chi connectivity index (χ4n) is 4.26. The van der Waals surface area contributed by atoms with Crippen LogP contribution in [0.25, 0.3) is 16.8 Å². The number of ether oxygens (including phenoxy) is 1. The zero-order valence-corrected chi connectivity index (χ0v) is 18.4. The summed E-state index contributed by atoms with van der Waals surface area (Å²) < 4.78 is 5.62. The van der Waals surface area contributed by atoms with Crippen LogP contribution in [0.3, 0.4) is 0 Å². The maximum Gasteiger partial charge on any atom is 0.210 e. The van der Waals surface area contributed by atoms with Gasteiger partial charge in [-0.3, -0.25) is 9.89 Å². The molecule has 2 aliphatic rings. The van der Waals surface area contributed by atoms with Crippen LogP contribution in [0.4, 0.5) is 5.69 Å². The van der Waals surface area contributed by atoms with Gasteiger partial charge in [0.25, 0.3) is 0 Å². The molecule has 0 saturated heterocycles. The number of guanidine groups is 1. The summed E-state index contributed by atoms with van der Waals surface area (Å²) in [5.74, 6) is 1.72. The molecule has 0 saturated carbocycles. The van der Waals surface area contributed by atoms with Gasteiger partial charge in [-0.1, -0.05) is 48.0 Å². The van der Waals surface area contributed by atoms with E-state index in [9.17, 15) is 0 Å². The number of halogens is 1. The van der Waals surface area contributed by atoms with E-state index in [1.165, 1.54) is 16.7 Å². The second-order valence-corrected chi connectivity index (χ2v) is 8.21. The van der Waals surface area contributed by atoms with Crippen molar-refractivity contribution < 1.29 is 4.74 Å². The number of rotatable bonds is 4. The topological polar surface area (TPSA) is 28.1 Å². The Morgan fingerprint density at radius 3 is 2.55 bits per heavy atom. The summed E-state index contributed by atoms with van der Waals surface area (Å²) in [4.78, 5) is 9.28. The molecule has 2 aliphatic heterocycles. The first-order valence-corrected chi connectivity index (χ1v) is 10.9. The maximum atomic E-state index is 6.19. The van der Waals surface area contributed by atoms with Crippen LogP contribution in [0.2, 0.25) is 5.02 Å². The average Bonchev–Trinajstić information content (AvgIpc) is 3.19. The number of hydrogen-bond donors (Lipinski definition) is 0. The lowest BCUT2D eigenvalue weighted by molar-refractivity contribution is 0.411. The SMILES string of the molecule is COc1cc(Cl)ccc1C1=CN(c2ccc(-c3ccccc3C)cc2)C2=NCCCN12. The summed E-state index contributed by atoms with van der Waals surface area (Å²) in [5.41, 5.74) is 6.93. The van der Waals surface area contributed by atoms with E-state index in [2.05, 4.69) is 71.5 Å². The molecule has 0 bridgehead atoms. The number of anilines is 1. The van der Waals surface area contributed by atoms with E-state index in [-0.39, 0.29) is 0 Å². The summed E-state index contributed by atoms with van der Waals surface area (Å²) in [6.07, 6.45) is 3.18. The summed E-state index contributed by atoms with van der Waals surface area (Å²) in [7, 11) is 1.68. The molecule has 0 atom stereocenters. The molecule has 0 amide bonds. The molecule has 4 nitrogen and oxygen atoms in total. The second kappa shape index (κ2) is 8.12. The van der Waals surface area contributed by atoms with Crippen molar-refractivity contribution in [2.45, 2.75) is 13.3 Å². The summed E-state index contributed by atoms with van der Waals surface area (Å²) in [6, 6.07) is 22.9. The van der Waals surface area contributed by atoms with Gasteiger partial charge >= 0.3 is 0 Å². The Hall–Kier alpha value is -3.24. The minimum Gasteiger partial charge on any atom is -0.496 e. The van der Waals surface area contributed by atoms with Gasteiger partial charge in [-0.2, -0.15) is 0 Å². The summed E-state index contributed by atoms with van der Waals surface area (Å²) >= 11 is 6.19. The molecule has 0 spiro atoms. The first kappa shape index (κ1) is 19.7. The van der Waals surface area contributed by atoms with E-state index in [1.807, 2.05) is 18.2 Å². The van der Waals surface area contributed by atoms with Gasteiger partial charge in [0.05, 0.1) is 12.8 Å². The number of hydrogen-bond acceptors (Lipinski definition) is 4. The van der Waals surface area contributed by atoms with Gasteiger partial charge in [0.15, 0.2) is 0 Å². The third-order valence-corrected chi connectivity index (χ3v) is 6.07. The molecule has 5 heteroatoms. The molecular formula is C26H24ClN3O. The second-order valence-electron chi connectivity index (χ2n) is 7.78. The van der Waals surface area contributed by atoms with Gasteiger partial charge in [0.1, 0.15) is 5.75 Å². The van der Waals surface area contributed by atoms with Crippen molar-refractivity contribution in [2.75, 3.05) is 25.1 Å². The Labute approximate surface area is 188 Å². The van der Waals surface area contributed by atoms with Gasteiger partial charge in [-0.05, 0) is 60.4 Å². The summed E-state index contributed by atoms with van der Waals surface area (Å²) in [5, 5.41) is 0.662. The molecule has 2 heterocycles. The molecule has 0 unspecified atom stereocenters. The van der Waals surface area contributed by atoms with E-state index in [0.717, 1.165) is 48.2 Å². The lowest BCUT2D eigenvalue weighted by Gasteiger charge is -2.29. The molecule has 0 aromatic heterocycles. The van der Waals surface area contributed by atoms with Crippen molar-refractivity contribution in [1.82, 2.24) is 4.90 Å². The first-order chi connectivity index (χ1) is 15.2. The zero-order chi connectivity index (χ0) is 21.4.